The van der Waals surface area contributed by atoms with Crippen molar-refractivity contribution in [1.29, 1.82) is 0 Å². The van der Waals surface area contributed by atoms with Gasteiger partial charge in [-0.05, 0) is 42.7 Å². The lowest BCUT2D eigenvalue weighted by Crippen LogP contribution is -2.41. The van der Waals surface area contributed by atoms with Gasteiger partial charge in [-0.15, -0.1) is 18.0 Å². The summed E-state index contributed by atoms with van der Waals surface area (Å²) in [5.74, 6) is -0.388. The number of hydrogen-bond acceptors (Lipinski definition) is 6. The van der Waals surface area contributed by atoms with Crippen molar-refractivity contribution in [3.63, 3.8) is 0 Å². The molecular formula is C20H23F3N2O6S. The molecule has 0 aliphatic carbocycles. The van der Waals surface area contributed by atoms with E-state index in [9.17, 15) is 26.4 Å². The molecule has 0 radical (unpaired) electrons. The van der Waals surface area contributed by atoms with Crippen LogP contribution in [-0.2, 0) is 10.0 Å². The van der Waals surface area contributed by atoms with Crippen LogP contribution in [0.1, 0.15) is 30.6 Å². The van der Waals surface area contributed by atoms with Crippen LogP contribution in [0.2, 0.25) is 0 Å². The molecule has 0 spiro atoms. The van der Waals surface area contributed by atoms with Gasteiger partial charge in [-0.1, -0.05) is 19.9 Å². The molecule has 32 heavy (non-hydrogen) atoms. The number of alkyl halides is 3. The second-order valence-electron chi connectivity index (χ2n) is 6.98. The van der Waals surface area contributed by atoms with Gasteiger partial charge >= 0.3 is 6.36 Å². The van der Waals surface area contributed by atoms with Crippen LogP contribution in [0.5, 0.6) is 17.2 Å². The van der Waals surface area contributed by atoms with Gasteiger partial charge in [-0.2, -0.15) is 0 Å². The van der Waals surface area contributed by atoms with Crippen molar-refractivity contribution in [2.45, 2.75) is 31.5 Å². The second kappa shape index (κ2) is 10.6. The van der Waals surface area contributed by atoms with Crippen molar-refractivity contribution in [1.82, 2.24) is 10.3 Å². The van der Waals surface area contributed by atoms with E-state index in [4.69, 9.17) is 9.47 Å². The standard InChI is InChI=1S/C20H23F3N2O6S/c1-13(2)9-10-30-17-8-7-14(11-18(17)29-3)19(26)24-25-32(27,28)16-6-4-5-15(12-16)31-20(21,22)23/h4-8,11-13,25H,9-10H2,1-3H3,(H,24,26). The molecule has 176 valence electrons. The number of nitrogens with one attached hydrogen (secondary N) is 2. The fourth-order valence-electron chi connectivity index (χ4n) is 2.42. The lowest BCUT2D eigenvalue weighted by Gasteiger charge is -2.14. The van der Waals surface area contributed by atoms with Crippen molar-refractivity contribution in [2.24, 2.45) is 5.92 Å². The Hall–Kier alpha value is -2.99. The number of rotatable bonds is 10. The van der Waals surface area contributed by atoms with Gasteiger partial charge in [0.2, 0.25) is 0 Å². The Balaban J connectivity index is 2.07. The summed E-state index contributed by atoms with van der Waals surface area (Å²) in [7, 11) is -2.98. The van der Waals surface area contributed by atoms with Crippen molar-refractivity contribution < 1.29 is 40.6 Å². The number of hydrazine groups is 1. The quantitative estimate of drug-likeness (QED) is 0.508. The van der Waals surface area contributed by atoms with Gasteiger partial charge in [0.05, 0.1) is 18.6 Å². The topological polar surface area (TPSA) is 103 Å². The summed E-state index contributed by atoms with van der Waals surface area (Å²) < 4.78 is 76.2. The first-order valence-electron chi connectivity index (χ1n) is 9.40. The number of benzene rings is 2. The Morgan fingerprint density at radius 3 is 2.44 bits per heavy atom. The fourth-order valence-corrected chi connectivity index (χ4v) is 3.29. The monoisotopic (exact) mass is 476 g/mol. The van der Waals surface area contributed by atoms with Crippen LogP contribution < -0.4 is 24.5 Å². The molecule has 2 N–H and O–H groups in total. The van der Waals surface area contributed by atoms with Crippen molar-refractivity contribution in [3.05, 3.63) is 48.0 Å². The molecule has 0 aliphatic rings. The van der Waals surface area contributed by atoms with Gasteiger partial charge < -0.3 is 14.2 Å². The van der Waals surface area contributed by atoms with Crippen LogP contribution >= 0.6 is 0 Å². The maximum Gasteiger partial charge on any atom is 0.573 e. The van der Waals surface area contributed by atoms with Crippen LogP contribution in [0.3, 0.4) is 0 Å². The molecule has 12 heteroatoms. The molecule has 0 fully saturated rings. The van der Waals surface area contributed by atoms with E-state index in [1.165, 1.54) is 25.3 Å². The van der Waals surface area contributed by atoms with E-state index in [2.05, 4.69) is 18.6 Å². The Morgan fingerprint density at radius 1 is 1.09 bits per heavy atom. The van der Waals surface area contributed by atoms with E-state index >= 15 is 0 Å². The third kappa shape index (κ3) is 7.61. The van der Waals surface area contributed by atoms with Gasteiger partial charge in [0.1, 0.15) is 5.75 Å². The predicted molar refractivity (Wildman–Crippen MR) is 109 cm³/mol. The number of ether oxygens (including phenoxy) is 3. The van der Waals surface area contributed by atoms with E-state index in [0.717, 1.165) is 24.6 Å². The van der Waals surface area contributed by atoms with Crippen LogP contribution in [0, 0.1) is 5.92 Å². The molecule has 2 aromatic carbocycles. The average molecular weight is 476 g/mol. The summed E-state index contributed by atoms with van der Waals surface area (Å²) in [5, 5.41) is 0. The van der Waals surface area contributed by atoms with Crippen LogP contribution in [0.25, 0.3) is 0 Å². The highest BCUT2D eigenvalue weighted by atomic mass is 32.2. The minimum Gasteiger partial charge on any atom is -0.493 e. The first-order valence-corrected chi connectivity index (χ1v) is 10.9. The molecule has 0 saturated heterocycles. The van der Waals surface area contributed by atoms with Crippen LogP contribution in [0.15, 0.2) is 47.4 Å². The number of halogens is 3. The predicted octanol–water partition coefficient (Wildman–Crippen LogP) is 3.64. The van der Waals surface area contributed by atoms with E-state index in [1.807, 2.05) is 10.3 Å². The van der Waals surface area contributed by atoms with Gasteiger partial charge in [-0.3, -0.25) is 10.2 Å². The Kier molecular flexibility index (Phi) is 8.33. The molecule has 0 aromatic heterocycles. The number of hydrogen-bond donors (Lipinski definition) is 2. The molecule has 2 aromatic rings. The van der Waals surface area contributed by atoms with Crippen molar-refractivity contribution in [2.75, 3.05) is 13.7 Å². The van der Waals surface area contributed by atoms with Crippen molar-refractivity contribution >= 4 is 15.9 Å². The Labute approximate surface area is 183 Å². The summed E-state index contributed by atoms with van der Waals surface area (Å²) >= 11 is 0. The number of sulfonamides is 1. The average Bonchev–Trinajstić information content (AvgIpc) is 2.71. The summed E-state index contributed by atoms with van der Waals surface area (Å²) in [6, 6.07) is 8.03. The summed E-state index contributed by atoms with van der Waals surface area (Å²) in [6.45, 7) is 4.56. The summed E-state index contributed by atoms with van der Waals surface area (Å²) in [4.78, 5) is 13.6. The second-order valence-corrected chi connectivity index (χ2v) is 8.66. The first-order chi connectivity index (χ1) is 14.9. The van der Waals surface area contributed by atoms with E-state index < -0.39 is 32.9 Å². The molecule has 0 aliphatic heterocycles. The highest BCUT2D eigenvalue weighted by Crippen LogP contribution is 2.28. The van der Waals surface area contributed by atoms with Crippen molar-refractivity contribution in [3.8, 4) is 17.2 Å². The molecule has 0 heterocycles. The SMILES string of the molecule is COc1cc(C(=O)NNS(=O)(=O)c2cccc(OC(F)(F)F)c2)ccc1OCCC(C)C. The maximum atomic E-state index is 12.4. The maximum absolute atomic E-state index is 12.4. The fraction of sp³-hybridized carbons (Fsp3) is 0.350. The summed E-state index contributed by atoms with van der Waals surface area (Å²) in [5.41, 5.74) is 2.06. The van der Waals surface area contributed by atoms with Gasteiger partial charge in [-0.25, -0.2) is 8.42 Å². The smallest absolute Gasteiger partial charge is 0.493 e. The molecular weight excluding hydrogens is 453 g/mol. The third-order valence-electron chi connectivity index (χ3n) is 4.03. The first kappa shape index (κ1) is 25.3. The lowest BCUT2D eigenvalue weighted by molar-refractivity contribution is -0.274. The van der Waals surface area contributed by atoms with Gasteiger partial charge in [0.15, 0.2) is 11.5 Å². The van der Waals surface area contributed by atoms with Gasteiger partial charge in [0, 0.05) is 11.6 Å². The zero-order valence-corrected chi connectivity index (χ0v) is 18.3. The number of methoxy groups -OCH3 is 1. The number of carbonyl (C=O) groups excluding carboxylic acids is 1. The molecule has 2 rings (SSSR count). The Bertz CT molecular complexity index is 1040. The highest BCUT2D eigenvalue weighted by molar-refractivity contribution is 7.89. The number of amides is 1. The highest BCUT2D eigenvalue weighted by Gasteiger charge is 2.31. The van der Waals surface area contributed by atoms with Crippen LogP contribution in [-0.4, -0.2) is 34.4 Å². The summed E-state index contributed by atoms with van der Waals surface area (Å²) in [6.07, 6.45) is -4.16. The molecule has 0 unspecified atom stereocenters. The van der Waals surface area contributed by atoms with E-state index in [0.29, 0.717) is 24.3 Å². The Morgan fingerprint density at radius 2 is 1.81 bits per heavy atom. The minimum atomic E-state index is -4.98. The molecule has 0 atom stereocenters. The van der Waals surface area contributed by atoms with E-state index in [1.54, 1.807) is 0 Å². The zero-order chi connectivity index (χ0) is 23.9. The molecule has 0 saturated carbocycles. The van der Waals surface area contributed by atoms with Crippen LogP contribution in [0.4, 0.5) is 13.2 Å². The number of carbonyl (C=O) groups is 1. The normalized spacial score (nSPS) is 11.8. The molecule has 8 nitrogen and oxygen atoms in total. The zero-order valence-electron chi connectivity index (χ0n) is 17.5. The molecule has 0 bridgehead atoms. The molecule has 1 amide bonds. The third-order valence-corrected chi connectivity index (χ3v) is 5.27. The minimum absolute atomic E-state index is 0.0647. The van der Waals surface area contributed by atoms with E-state index in [-0.39, 0.29) is 11.3 Å². The largest absolute Gasteiger partial charge is 0.573 e. The lowest BCUT2D eigenvalue weighted by atomic mass is 10.1. The van der Waals surface area contributed by atoms with Gasteiger partial charge in [0.25, 0.3) is 15.9 Å².